The minimum absolute atomic E-state index is 0.0366. The van der Waals surface area contributed by atoms with Crippen molar-refractivity contribution in [3.05, 3.63) is 60.4 Å². The second-order valence-electron chi connectivity index (χ2n) is 8.61. The van der Waals surface area contributed by atoms with Crippen molar-refractivity contribution in [2.24, 2.45) is 11.8 Å². The smallest absolute Gasteiger partial charge is 0.224 e. The van der Waals surface area contributed by atoms with Crippen molar-refractivity contribution in [3.63, 3.8) is 0 Å². The first-order valence-electron chi connectivity index (χ1n) is 11.2. The van der Waals surface area contributed by atoms with E-state index in [0.29, 0.717) is 18.5 Å². The number of methoxy groups -OCH3 is 1. The Morgan fingerprint density at radius 3 is 2.84 bits per heavy atom. The molecule has 32 heavy (non-hydrogen) atoms. The van der Waals surface area contributed by atoms with Crippen LogP contribution in [0.2, 0.25) is 0 Å². The molecule has 0 aliphatic carbocycles. The average molecular weight is 433 g/mol. The molecule has 4 unspecified atom stereocenters. The predicted octanol–water partition coefficient (Wildman–Crippen LogP) is 2.38. The van der Waals surface area contributed by atoms with E-state index in [9.17, 15) is 4.79 Å². The summed E-state index contributed by atoms with van der Waals surface area (Å²) in [5.74, 6) is 1.39. The first kappa shape index (κ1) is 20.6. The molecule has 1 amide bonds. The molecule has 3 aromatic rings. The number of pyridine rings is 1. The lowest BCUT2D eigenvalue weighted by atomic mass is 9.75. The standard InChI is InChI=1S/C24H28N6O2/c1-32-23-8-3-2-6-18(23)13-26-24(31)20-15-29-11-9-17(20)12-19(29)14-30-16-22(27-28-30)21-7-4-5-10-25-21/h2-8,10,16-17,19-20H,9,11-15H2,1H3,(H,26,31). The van der Waals surface area contributed by atoms with Crippen molar-refractivity contribution in [2.45, 2.75) is 32.0 Å². The molecule has 0 saturated carbocycles. The van der Waals surface area contributed by atoms with Gasteiger partial charge in [-0.1, -0.05) is 29.5 Å². The summed E-state index contributed by atoms with van der Waals surface area (Å²) in [6.45, 7) is 3.11. The Morgan fingerprint density at radius 2 is 2.06 bits per heavy atom. The molecule has 3 aliphatic heterocycles. The highest BCUT2D eigenvalue weighted by atomic mass is 16.5. The third-order valence-corrected chi connectivity index (χ3v) is 6.72. The average Bonchev–Trinajstić information content (AvgIpc) is 3.32. The SMILES string of the molecule is COc1ccccc1CNC(=O)C1CN2CCC1CC2Cn1cc(-c2ccccn2)nn1. The van der Waals surface area contributed by atoms with Crippen molar-refractivity contribution in [1.29, 1.82) is 0 Å². The van der Waals surface area contributed by atoms with Gasteiger partial charge in [0, 0.05) is 30.9 Å². The molecule has 1 aromatic carbocycles. The minimum Gasteiger partial charge on any atom is -0.496 e. The van der Waals surface area contributed by atoms with Gasteiger partial charge in [0.2, 0.25) is 5.91 Å². The molecule has 166 valence electrons. The lowest BCUT2D eigenvalue weighted by Crippen LogP contribution is -2.58. The molecule has 0 spiro atoms. The third kappa shape index (κ3) is 4.23. The molecule has 8 nitrogen and oxygen atoms in total. The largest absolute Gasteiger partial charge is 0.496 e. The van der Waals surface area contributed by atoms with E-state index in [4.69, 9.17) is 4.74 Å². The molecule has 3 saturated heterocycles. The quantitative estimate of drug-likeness (QED) is 0.617. The summed E-state index contributed by atoms with van der Waals surface area (Å²) in [6, 6.07) is 14.0. The summed E-state index contributed by atoms with van der Waals surface area (Å²) >= 11 is 0. The fourth-order valence-electron chi connectivity index (χ4n) is 5.02. The monoisotopic (exact) mass is 432 g/mol. The maximum atomic E-state index is 13.0. The van der Waals surface area contributed by atoms with Gasteiger partial charge in [-0.15, -0.1) is 5.10 Å². The Morgan fingerprint density at radius 1 is 1.19 bits per heavy atom. The van der Waals surface area contributed by atoms with E-state index >= 15 is 0 Å². The van der Waals surface area contributed by atoms with E-state index in [1.54, 1.807) is 13.3 Å². The van der Waals surface area contributed by atoms with Crippen LogP contribution in [0.1, 0.15) is 18.4 Å². The predicted molar refractivity (Wildman–Crippen MR) is 120 cm³/mol. The number of nitrogens with zero attached hydrogens (tertiary/aromatic N) is 5. The highest BCUT2D eigenvalue weighted by molar-refractivity contribution is 5.79. The van der Waals surface area contributed by atoms with Crippen molar-refractivity contribution < 1.29 is 9.53 Å². The normalized spacial score (nSPS) is 24.3. The maximum absolute atomic E-state index is 13.0. The van der Waals surface area contributed by atoms with Crippen LogP contribution in [-0.2, 0) is 17.9 Å². The van der Waals surface area contributed by atoms with Crippen LogP contribution in [0.3, 0.4) is 0 Å². The number of aromatic nitrogens is 4. The number of fused-ring (bicyclic) bond motifs is 3. The van der Waals surface area contributed by atoms with Crippen LogP contribution in [0.25, 0.3) is 11.4 Å². The summed E-state index contributed by atoms with van der Waals surface area (Å²) in [5, 5.41) is 11.7. The van der Waals surface area contributed by atoms with E-state index in [-0.39, 0.29) is 11.8 Å². The van der Waals surface area contributed by atoms with Crippen molar-refractivity contribution >= 4 is 5.91 Å². The van der Waals surface area contributed by atoms with Crippen molar-refractivity contribution in [1.82, 2.24) is 30.2 Å². The zero-order chi connectivity index (χ0) is 21.9. The number of carbonyl (C=O) groups is 1. The number of amides is 1. The number of para-hydroxylation sites is 1. The number of ether oxygens (including phenoxy) is 1. The zero-order valence-electron chi connectivity index (χ0n) is 18.2. The maximum Gasteiger partial charge on any atom is 0.224 e. The topological polar surface area (TPSA) is 85.2 Å². The third-order valence-electron chi connectivity index (χ3n) is 6.72. The van der Waals surface area contributed by atoms with Gasteiger partial charge in [-0.3, -0.25) is 19.4 Å². The summed E-state index contributed by atoms with van der Waals surface area (Å²) in [6.07, 6.45) is 5.80. The van der Waals surface area contributed by atoms with Crippen LogP contribution in [0.4, 0.5) is 0 Å². The summed E-state index contributed by atoms with van der Waals surface area (Å²) in [7, 11) is 1.66. The van der Waals surface area contributed by atoms with Gasteiger partial charge in [0.15, 0.2) is 0 Å². The van der Waals surface area contributed by atoms with Crippen molar-refractivity contribution in [2.75, 3.05) is 20.2 Å². The van der Waals surface area contributed by atoms with Gasteiger partial charge in [-0.2, -0.15) is 0 Å². The first-order valence-corrected chi connectivity index (χ1v) is 11.2. The van der Waals surface area contributed by atoms with Gasteiger partial charge in [-0.25, -0.2) is 0 Å². The molecule has 5 heterocycles. The summed E-state index contributed by atoms with van der Waals surface area (Å²) < 4.78 is 7.31. The van der Waals surface area contributed by atoms with Gasteiger partial charge < -0.3 is 10.1 Å². The van der Waals surface area contributed by atoms with Crippen LogP contribution in [0.5, 0.6) is 5.75 Å². The number of benzene rings is 1. The molecule has 3 aliphatic rings. The molecule has 2 aromatic heterocycles. The Hall–Kier alpha value is -3.26. The van der Waals surface area contributed by atoms with Gasteiger partial charge in [0.25, 0.3) is 0 Å². The second kappa shape index (κ2) is 9.08. The van der Waals surface area contributed by atoms with Crippen LogP contribution in [0.15, 0.2) is 54.9 Å². The number of piperidine rings is 3. The molecule has 3 fully saturated rings. The number of nitrogens with one attached hydrogen (secondary N) is 1. The van der Waals surface area contributed by atoms with Crippen molar-refractivity contribution in [3.8, 4) is 17.1 Å². The first-order chi connectivity index (χ1) is 15.7. The molecule has 0 radical (unpaired) electrons. The Kier molecular flexibility index (Phi) is 5.85. The van der Waals surface area contributed by atoms with Gasteiger partial charge >= 0.3 is 0 Å². The summed E-state index contributed by atoms with van der Waals surface area (Å²) in [5.41, 5.74) is 2.61. The number of rotatable bonds is 7. The van der Waals surface area contributed by atoms with Gasteiger partial charge in [0.05, 0.1) is 31.5 Å². The van der Waals surface area contributed by atoms with E-state index < -0.39 is 0 Å². The fourth-order valence-corrected chi connectivity index (χ4v) is 5.02. The number of hydrogen-bond acceptors (Lipinski definition) is 6. The van der Waals surface area contributed by atoms with Crippen LogP contribution in [0, 0.1) is 11.8 Å². The van der Waals surface area contributed by atoms with Gasteiger partial charge in [-0.05, 0) is 43.5 Å². The Balaban J connectivity index is 1.19. The molecule has 1 N–H and O–H groups in total. The lowest BCUT2D eigenvalue weighted by Gasteiger charge is -2.49. The van der Waals surface area contributed by atoms with E-state index in [2.05, 4.69) is 25.5 Å². The van der Waals surface area contributed by atoms with E-state index in [1.165, 1.54) is 0 Å². The highest BCUT2D eigenvalue weighted by Crippen LogP contribution is 2.37. The zero-order valence-corrected chi connectivity index (χ0v) is 18.2. The second-order valence-corrected chi connectivity index (χ2v) is 8.61. The lowest BCUT2D eigenvalue weighted by molar-refractivity contribution is -0.133. The molecular formula is C24H28N6O2. The molecule has 2 bridgehead atoms. The minimum atomic E-state index is 0.0366. The van der Waals surface area contributed by atoms with Crippen LogP contribution >= 0.6 is 0 Å². The van der Waals surface area contributed by atoms with E-state index in [1.807, 2.05) is 53.3 Å². The number of carbonyl (C=O) groups excluding carboxylic acids is 1. The van der Waals surface area contributed by atoms with Crippen LogP contribution in [-0.4, -0.2) is 57.0 Å². The molecule has 8 heteroatoms. The van der Waals surface area contributed by atoms with Crippen LogP contribution < -0.4 is 10.1 Å². The van der Waals surface area contributed by atoms with Gasteiger partial charge in [0.1, 0.15) is 11.4 Å². The number of hydrogen-bond donors (Lipinski definition) is 1. The molecule has 6 rings (SSSR count). The Labute approximate surface area is 187 Å². The fraction of sp³-hybridized carbons (Fsp3) is 0.417. The Bertz CT molecular complexity index is 1070. The molecule has 4 atom stereocenters. The van der Waals surface area contributed by atoms with E-state index in [0.717, 1.165) is 55.2 Å². The summed E-state index contributed by atoms with van der Waals surface area (Å²) in [4.78, 5) is 19.8. The molecular weight excluding hydrogens is 404 g/mol. The highest BCUT2D eigenvalue weighted by Gasteiger charge is 2.43.